The number of Topliss-reactive ketones (excluding diaryl/α,β-unsaturated/α-hetero) is 1. The summed E-state index contributed by atoms with van der Waals surface area (Å²) in [6.45, 7) is 7.21. The molecule has 20 heavy (non-hydrogen) atoms. The van der Waals surface area contributed by atoms with E-state index >= 15 is 0 Å². The molecule has 0 saturated carbocycles. The van der Waals surface area contributed by atoms with Crippen molar-refractivity contribution in [2.75, 3.05) is 25.5 Å². The van der Waals surface area contributed by atoms with E-state index in [1.165, 1.54) is 18.7 Å². The fourth-order valence-electron chi connectivity index (χ4n) is 1.36. The molecule has 0 aliphatic heterocycles. The Hall–Kier alpha value is -0.880. The van der Waals surface area contributed by atoms with Crippen molar-refractivity contribution in [3.05, 3.63) is 0 Å². The molecule has 0 fully saturated rings. The highest BCUT2D eigenvalue weighted by Gasteiger charge is 2.18. The Balaban J connectivity index is 3.90. The minimum atomic E-state index is -0.419. The van der Waals surface area contributed by atoms with Gasteiger partial charge in [0.2, 0.25) is 5.91 Å². The van der Waals surface area contributed by atoms with Crippen LogP contribution in [0.5, 0.6) is 0 Å². The molecule has 0 bridgehead atoms. The maximum absolute atomic E-state index is 11.9. The van der Waals surface area contributed by atoms with Gasteiger partial charge in [0, 0.05) is 31.7 Å². The van der Waals surface area contributed by atoms with Crippen LogP contribution in [-0.4, -0.2) is 48.7 Å². The van der Waals surface area contributed by atoms with Crippen LogP contribution in [0, 0.1) is 5.92 Å². The third-order valence-electron chi connectivity index (χ3n) is 2.37. The van der Waals surface area contributed by atoms with E-state index in [2.05, 4.69) is 19.2 Å². The fourth-order valence-corrected chi connectivity index (χ4v) is 2.50. The number of rotatable bonds is 12. The summed E-state index contributed by atoms with van der Waals surface area (Å²) < 4.78 is 5.36. The third-order valence-corrected chi connectivity index (χ3v) is 3.62. The van der Waals surface area contributed by atoms with Crippen LogP contribution in [0.25, 0.3) is 0 Å². The number of ketones is 1. The summed E-state index contributed by atoms with van der Waals surface area (Å²) in [5.74, 6) is 0.949. The van der Waals surface area contributed by atoms with E-state index in [1.807, 2.05) is 0 Å². The van der Waals surface area contributed by atoms with E-state index in [9.17, 15) is 14.4 Å². The van der Waals surface area contributed by atoms with E-state index in [4.69, 9.17) is 4.74 Å². The number of amides is 1. The Morgan fingerprint density at radius 1 is 1.35 bits per heavy atom. The van der Waals surface area contributed by atoms with Gasteiger partial charge in [0.15, 0.2) is 0 Å². The molecular weight excluding hydrogens is 278 g/mol. The zero-order valence-corrected chi connectivity index (χ0v) is 13.3. The average molecular weight is 303 g/mol. The monoisotopic (exact) mass is 303 g/mol. The lowest BCUT2D eigenvalue weighted by Gasteiger charge is -2.14. The summed E-state index contributed by atoms with van der Waals surface area (Å²) in [6.07, 6.45) is 1.33. The standard InChI is InChI=1S/C14H25NO4S/c1-11(2)10-19-8-6-15-14(18)13(4-7-16)20-9-5-12(3)17/h7,11,13H,4-6,8-10H2,1-3H3,(H,15,18). The second-order valence-electron chi connectivity index (χ2n) is 4.97. The lowest BCUT2D eigenvalue weighted by molar-refractivity contribution is -0.122. The number of aldehydes is 1. The van der Waals surface area contributed by atoms with Crippen molar-refractivity contribution in [2.24, 2.45) is 5.92 Å². The lowest BCUT2D eigenvalue weighted by atomic mass is 10.2. The molecule has 0 rings (SSSR count). The molecule has 0 aliphatic rings. The number of hydrogen-bond donors (Lipinski definition) is 1. The molecule has 0 saturated heterocycles. The molecule has 1 amide bonds. The van der Waals surface area contributed by atoms with Gasteiger partial charge in [-0.25, -0.2) is 0 Å². The van der Waals surface area contributed by atoms with E-state index in [0.29, 0.717) is 37.9 Å². The van der Waals surface area contributed by atoms with Crippen LogP contribution in [-0.2, 0) is 19.1 Å². The van der Waals surface area contributed by atoms with Crippen LogP contribution in [0.1, 0.15) is 33.6 Å². The molecule has 116 valence electrons. The van der Waals surface area contributed by atoms with Gasteiger partial charge in [-0.15, -0.1) is 11.8 Å². The number of ether oxygens (including phenoxy) is 1. The van der Waals surface area contributed by atoms with Gasteiger partial charge in [-0.1, -0.05) is 13.8 Å². The van der Waals surface area contributed by atoms with E-state index in [-0.39, 0.29) is 18.1 Å². The van der Waals surface area contributed by atoms with Gasteiger partial charge in [0.1, 0.15) is 12.1 Å². The molecule has 0 aromatic heterocycles. The molecular formula is C14H25NO4S. The van der Waals surface area contributed by atoms with Gasteiger partial charge in [0.05, 0.1) is 11.9 Å². The number of thioether (sulfide) groups is 1. The Kier molecular flexibility index (Phi) is 11.4. The van der Waals surface area contributed by atoms with Gasteiger partial charge in [-0.05, 0) is 12.8 Å². The molecule has 6 heteroatoms. The largest absolute Gasteiger partial charge is 0.379 e. The summed E-state index contributed by atoms with van der Waals surface area (Å²) in [4.78, 5) is 33.3. The Morgan fingerprint density at radius 2 is 2.05 bits per heavy atom. The number of hydrogen-bond acceptors (Lipinski definition) is 5. The number of carbonyl (C=O) groups is 3. The topological polar surface area (TPSA) is 72.5 Å². The Morgan fingerprint density at radius 3 is 2.60 bits per heavy atom. The zero-order valence-electron chi connectivity index (χ0n) is 12.5. The van der Waals surface area contributed by atoms with E-state index < -0.39 is 5.25 Å². The maximum Gasteiger partial charge on any atom is 0.233 e. The highest BCUT2D eigenvalue weighted by molar-refractivity contribution is 8.00. The quantitative estimate of drug-likeness (QED) is 0.436. The molecule has 0 spiro atoms. The maximum atomic E-state index is 11.9. The van der Waals surface area contributed by atoms with Crippen LogP contribution in [0.3, 0.4) is 0 Å². The van der Waals surface area contributed by atoms with Gasteiger partial charge in [0.25, 0.3) is 0 Å². The minimum absolute atomic E-state index is 0.0878. The average Bonchev–Trinajstić information content (AvgIpc) is 2.36. The Labute approximate surface area is 125 Å². The first-order valence-electron chi connectivity index (χ1n) is 6.87. The van der Waals surface area contributed by atoms with Crippen molar-refractivity contribution >= 4 is 29.7 Å². The highest BCUT2D eigenvalue weighted by Crippen LogP contribution is 2.15. The molecule has 0 radical (unpaired) electrons. The van der Waals surface area contributed by atoms with Crippen LogP contribution < -0.4 is 5.32 Å². The van der Waals surface area contributed by atoms with Gasteiger partial charge in [-0.3, -0.25) is 9.59 Å². The molecule has 0 heterocycles. The van der Waals surface area contributed by atoms with Gasteiger partial charge in [-0.2, -0.15) is 0 Å². The molecule has 0 aromatic rings. The minimum Gasteiger partial charge on any atom is -0.379 e. The van der Waals surface area contributed by atoms with Crippen LogP contribution in [0.4, 0.5) is 0 Å². The highest BCUT2D eigenvalue weighted by atomic mass is 32.2. The van der Waals surface area contributed by atoms with E-state index in [0.717, 1.165) is 6.29 Å². The molecule has 1 N–H and O–H groups in total. The fraction of sp³-hybridized carbons (Fsp3) is 0.786. The summed E-state index contributed by atoms with van der Waals surface area (Å²) in [5, 5.41) is 2.33. The predicted molar refractivity (Wildman–Crippen MR) is 80.9 cm³/mol. The van der Waals surface area contributed by atoms with Crippen molar-refractivity contribution < 1.29 is 19.1 Å². The third kappa shape index (κ3) is 11.0. The molecule has 1 unspecified atom stereocenters. The van der Waals surface area contributed by atoms with Gasteiger partial charge >= 0.3 is 0 Å². The summed E-state index contributed by atoms with van der Waals surface area (Å²) >= 11 is 1.35. The first-order chi connectivity index (χ1) is 9.47. The summed E-state index contributed by atoms with van der Waals surface area (Å²) in [6, 6.07) is 0. The van der Waals surface area contributed by atoms with Crippen LogP contribution in [0.2, 0.25) is 0 Å². The van der Waals surface area contributed by atoms with Crippen LogP contribution in [0.15, 0.2) is 0 Å². The first kappa shape index (κ1) is 19.1. The van der Waals surface area contributed by atoms with Crippen molar-refractivity contribution in [3.8, 4) is 0 Å². The SMILES string of the molecule is CC(=O)CCSC(CC=O)C(=O)NCCOCC(C)C. The summed E-state index contributed by atoms with van der Waals surface area (Å²) in [7, 11) is 0. The lowest BCUT2D eigenvalue weighted by Crippen LogP contribution is -2.35. The normalized spacial score (nSPS) is 12.2. The van der Waals surface area contributed by atoms with E-state index in [1.54, 1.807) is 0 Å². The molecule has 1 atom stereocenters. The molecule has 0 aromatic carbocycles. The summed E-state index contributed by atoms with van der Waals surface area (Å²) in [5.41, 5.74) is 0. The van der Waals surface area contributed by atoms with Crippen molar-refractivity contribution in [1.29, 1.82) is 0 Å². The molecule has 5 nitrogen and oxygen atoms in total. The second kappa shape index (κ2) is 11.9. The van der Waals surface area contributed by atoms with Gasteiger partial charge < -0.3 is 14.8 Å². The van der Waals surface area contributed by atoms with Crippen molar-refractivity contribution in [1.82, 2.24) is 5.32 Å². The zero-order chi connectivity index (χ0) is 15.4. The number of carbonyl (C=O) groups excluding carboxylic acids is 3. The smallest absolute Gasteiger partial charge is 0.233 e. The second-order valence-corrected chi connectivity index (χ2v) is 6.28. The van der Waals surface area contributed by atoms with Crippen LogP contribution >= 0.6 is 11.8 Å². The Bertz CT molecular complexity index is 308. The number of nitrogens with one attached hydrogen (secondary N) is 1. The van der Waals surface area contributed by atoms with Crippen molar-refractivity contribution in [3.63, 3.8) is 0 Å². The first-order valence-corrected chi connectivity index (χ1v) is 7.92. The van der Waals surface area contributed by atoms with Crippen molar-refractivity contribution in [2.45, 2.75) is 38.9 Å². The predicted octanol–water partition coefficient (Wildman–Crippen LogP) is 1.45. The molecule has 0 aliphatic carbocycles.